The number of amides is 1. The van der Waals surface area contributed by atoms with Gasteiger partial charge in [-0.1, -0.05) is 42.5 Å². The predicted molar refractivity (Wildman–Crippen MR) is 95.9 cm³/mol. The summed E-state index contributed by atoms with van der Waals surface area (Å²) in [5, 5.41) is 2.65. The Morgan fingerprint density at radius 2 is 1.76 bits per heavy atom. The van der Waals surface area contributed by atoms with Crippen LogP contribution in [-0.2, 0) is 20.9 Å². The molecule has 0 aliphatic carbocycles. The summed E-state index contributed by atoms with van der Waals surface area (Å²) >= 11 is 0. The van der Waals surface area contributed by atoms with Gasteiger partial charge in [0.15, 0.2) is 0 Å². The van der Waals surface area contributed by atoms with Gasteiger partial charge in [0.2, 0.25) is 5.91 Å². The second-order valence-corrected chi connectivity index (χ2v) is 5.29. The zero-order chi connectivity index (χ0) is 17.9. The molecule has 130 valence electrons. The van der Waals surface area contributed by atoms with Gasteiger partial charge in [0.05, 0.1) is 13.5 Å². The minimum absolute atomic E-state index is 0.134. The number of hydrogen-bond donors (Lipinski definition) is 1. The molecule has 25 heavy (non-hydrogen) atoms. The quantitative estimate of drug-likeness (QED) is 0.593. The van der Waals surface area contributed by atoms with Crippen LogP contribution in [0.4, 0.5) is 0 Å². The molecule has 2 rings (SSSR count). The first-order valence-electron chi connectivity index (χ1n) is 7.97. The molecule has 0 atom stereocenters. The van der Waals surface area contributed by atoms with Crippen molar-refractivity contribution in [2.45, 2.75) is 13.0 Å². The molecule has 0 fully saturated rings. The Morgan fingerprint density at radius 3 is 2.44 bits per heavy atom. The van der Waals surface area contributed by atoms with Crippen molar-refractivity contribution >= 4 is 18.0 Å². The molecule has 0 spiro atoms. The van der Waals surface area contributed by atoms with Crippen LogP contribution in [-0.4, -0.2) is 25.5 Å². The summed E-state index contributed by atoms with van der Waals surface area (Å²) in [4.78, 5) is 23.4. The molecular weight excluding hydrogens is 318 g/mol. The number of carbonyl (C=O) groups excluding carboxylic acids is 2. The topological polar surface area (TPSA) is 64.6 Å². The highest BCUT2D eigenvalue weighted by molar-refractivity contribution is 5.91. The van der Waals surface area contributed by atoms with Crippen molar-refractivity contribution in [2.24, 2.45) is 0 Å². The molecule has 2 aromatic carbocycles. The fraction of sp³-hybridized carbons (Fsp3) is 0.200. The smallest absolute Gasteiger partial charge is 0.307 e. The van der Waals surface area contributed by atoms with Gasteiger partial charge in [-0.05, 0) is 29.3 Å². The third kappa shape index (κ3) is 6.91. The number of ether oxygens (including phenoxy) is 2. The Kier molecular flexibility index (Phi) is 7.25. The first-order chi connectivity index (χ1) is 12.2. The first kappa shape index (κ1) is 18.3. The molecule has 1 amide bonds. The summed E-state index contributed by atoms with van der Waals surface area (Å²) in [7, 11) is 1.60. The number of methoxy groups -OCH3 is 1. The van der Waals surface area contributed by atoms with Crippen molar-refractivity contribution in [2.75, 3.05) is 13.7 Å². The van der Waals surface area contributed by atoms with Gasteiger partial charge in [0, 0.05) is 12.6 Å². The van der Waals surface area contributed by atoms with Crippen LogP contribution in [0, 0.1) is 0 Å². The Bertz CT molecular complexity index is 708. The third-order valence-electron chi connectivity index (χ3n) is 3.41. The van der Waals surface area contributed by atoms with Crippen LogP contribution in [0.3, 0.4) is 0 Å². The maximum atomic E-state index is 11.7. The molecule has 0 aromatic heterocycles. The lowest BCUT2D eigenvalue weighted by Crippen LogP contribution is -2.24. The van der Waals surface area contributed by atoms with Crippen LogP contribution in [0.2, 0.25) is 0 Å². The second kappa shape index (κ2) is 9.93. The van der Waals surface area contributed by atoms with Crippen LogP contribution in [0.5, 0.6) is 5.75 Å². The molecule has 0 heterocycles. The van der Waals surface area contributed by atoms with E-state index in [1.165, 1.54) is 6.08 Å². The van der Waals surface area contributed by atoms with Crippen molar-refractivity contribution in [1.29, 1.82) is 0 Å². The number of nitrogens with one attached hydrogen (secondary N) is 1. The van der Waals surface area contributed by atoms with Gasteiger partial charge in [0.1, 0.15) is 12.4 Å². The van der Waals surface area contributed by atoms with E-state index in [1.807, 2.05) is 54.6 Å². The summed E-state index contributed by atoms with van der Waals surface area (Å²) in [5.41, 5.74) is 1.82. The van der Waals surface area contributed by atoms with Crippen LogP contribution >= 0.6 is 0 Å². The van der Waals surface area contributed by atoms with E-state index in [4.69, 9.17) is 9.47 Å². The normalized spacial score (nSPS) is 10.4. The van der Waals surface area contributed by atoms with E-state index in [2.05, 4.69) is 5.32 Å². The number of hydrogen-bond acceptors (Lipinski definition) is 4. The monoisotopic (exact) mass is 339 g/mol. The molecule has 0 unspecified atom stereocenters. The van der Waals surface area contributed by atoms with E-state index in [1.54, 1.807) is 13.2 Å². The van der Waals surface area contributed by atoms with Crippen LogP contribution in [0.1, 0.15) is 17.5 Å². The largest absolute Gasteiger partial charge is 0.497 e. The molecule has 2 aromatic rings. The first-order valence-corrected chi connectivity index (χ1v) is 7.97. The summed E-state index contributed by atoms with van der Waals surface area (Å²) in [6.45, 7) is 0.477. The highest BCUT2D eigenvalue weighted by Crippen LogP contribution is 2.12. The van der Waals surface area contributed by atoms with Gasteiger partial charge in [0.25, 0.3) is 0 Å². The Balaban J connectivity index is 1.65. The van der Waals surface area contributed by atoms with Crippen molar-refractivity contribution in [3.05, 3.63) is 71.8 Å². The summed E-state index contributed by atoms with van der Waals surface area (Å²) in [6, 6.07) is 16.8. The van der Waals surface area contributed by atoms with Crippen molar-refractivity contribution in [3.63, 3.8) is 0 Å². The molecule has 0 bridgehead atoms. The summed E-state index contributed by atoms with van der Waals surface area (Å²) < 4.78 is 10.2. The highest BCUT2D eigenvalue weighted by Gasteiger charge is 2.04. The third-order valence-corrected chi connectivity index (χ3v) is 3.41. The zero-order valence-electron chi connectivity index (χ0n) is 14.1. The minimum atomic E-state index is -0.344. The zero-order valence-corrected chi connectivity index (χ0v) is 14.1. The summed E-state index contributed by atoms with van der Waals surface area (Å²) in [6.07, 6.45) is 3.26. The molecule has 5 nitrogen and oxygen atoms in total. The van der Waals surface area contributed by atoms with E-state index in [0.29, 0.717) is 0 Å². The van der Waals surface area contributed by atoms with Gasteiger partial charge in [-0.25, -0.2) is 0 Å². The molecule has 0 saturated heterocycles. The number of rotatable bonds is 8. The average molecular weight is 339 g/mol. The van der Waals surface area contributed by atoms with E-state index in [9.17, 15) is 9.59 Å². The Hall–Kier alpha value is -3.08. The maximum Gasteiger partial charge on any atom is 0.307 e. The molecule has 0 radical (unpaired) electrons. The predicted octanol–water partition coefficient (Wildman–Crippen LogP) is 2.96. The fourth-order valence-electron chi connectivity index (χ4n) is 2.04. The summed E-state index contributed by atoms with van der Waals surface area (Å²) in [5.74, 6) is 0.158. The lowest BCUT2D eigenvalue weighted by molar-refractivity contribution is -0.144. The Labute approximate surface area is 147 Å². The Morgan fingerprint density at radius 1 is 1.04 bits per heavy atom. The van der Waals surface area contributed by atoms with E-state index in [0.717, 1.165) is 16.9 Å². The molecule has 0 aliphatic heterocycles. The lowest BCUT2D eigenvalue weighted by atomic mass is 10.2. The van der Waals surface area contributed by atoms with Gasteiger partial charge in [-0.15, -0.1) is 0 Å². The van der Waals surface area contributed by atoms with Gasteiger partial charge in [-0.2, -0.15) is 0 Å². The minimum Gasteiger partial charge on any atom is -0.497 e. The number of carbonyl (C=O) groups is 2. The van der Waals surface area contributed by atoms with Gasteiger partial charge >= 0.3 is 5.97 Å². The highest BCUT2D eigenvalue weighted by atomic mass is 16.5. The van der Waals surface area contributed by atoms with Crippen molar-refractivity contribution in [3.8, 4) is 5.75 Å². The van der Waals surface area contributed by atoms with Crippen molar-refractivity contribution < 1.29 is 19.1 Å². The maximum absolute atomic E-state index is 11.7. The second-order valence-electron chi connectivity index (χ2n) is 5.29. The standard InChI is InChI=1S/C20H21NO4/c1-24-18-10-7-16(8-11-18)9-12-19(22)21-14-13-20(23)25-15-17-5-3-2-4-6-17/h2-12H,13-15H2,1H3,(H,21,22)/b12-9+. The fourth-order valence-corrected chi connectivity index (χ4v) is 2.04. The molecule has 5 heteroatoms. The van der Waals surface area contributed by atoms with E-state index in [-0.39, 0.29) is 31.4 Å². The van der Waals surface area contributed by atoms with Gasteiger partial charge < -0.3 is 14.8 Å². The van der Waals surface area contributed by atoms with E-state index < -0.39 is 0 Å². The van der Waals surface area contributed by atoms with Crippen LogP contribution in [0.25, 0.3) is 6.08 Å². The SMILES string of the molecule is COc1ccc(/C=C/C(=O)NCCC(=O)OCc2ccccc2)cc1. The molecular formula is C20H21NO4. The van der Waals surface area contributed by atoms with Crippen LogP contribution < -0.4 is 10.1 Å². The van der Waals surface area contributed by atoms with E-state index >= 15 is 0 Å². The molecule has 0 aliphatic rings. The number of esters is 1. The van der Waals surface area contributed by atoms with Gasteiger partial charge in [-0.3, -0.25) is 9.59 Å². The number of benzene rings is 2. The lowest BCUT2D eigenvalue weighted by Gasteiger charge is -2.05. The molecule has 0 saturated carbocycles. The van der Waals surface area contributed by atoms with Crippen LogP contribution in [0.15, 0.2) is 60.7 Å². The average Bonchev–Trinajstić information content (AvgIpc) is 2.66. The van der Waals surface area contributed by atoms with Crippen molar-refractivity contribution in [1.82, 2.24) is 5.32 Å². The molecule has 1 N–H and O–H groups in total.